The lowest BCUT2D eigenvalue weighted by molar-refractivity contribution is -0.123. The van der Waals surface area contributed by atoms with Gasteiger partial charge in [-0.3, -0.25) is 4.79 Å². The molecule has 4 aliphatic rings. The maximum absolute atomic E-state index is 14.3. The van der Waals surface area contributed by atoms with Crippen molar-refractivity contribution in [3.8, 4) is 11.1 Å². The van der Waals surface area contributed by atoms with Gasteiger partial charge in [-0.15, -0.1) is 0 Å². The highest BCUT2D eigenvalue weighted by Gasteiger charge is 2.54. The van der Waals surface area contributed by atoms with Crippen molar-refractivity contribution < 1.29 is 14.3 Å². The number of aliphatic hydroxyl groups is 1. The van der Waals surface area contributed by atoms with E-state index in [0.29, 0.717) is 28.5 Å². The van der Waals surface area contributed by atoms with Crippen molar-refractivity contribution in [2.75, 3.05) is 0 Å². The monoisotopic (exact) mass is 444 g/mol. The Kier molecular flexibility index (Phi) is 4.95. The third-order valence-electron chi connectivity index (χ3n) is 7.45. The number of allylic oxidation sites excluding steroid dienone is 2. The maximum Gasteiger partial charge on any atom is 0.170 e. The first kappa shape index (κ1) is 20.1. The van der Waals surface area contributed by atoms with Crippen LogP contribution in [0.25, 0.3) is 16.7 Å². The number of Topliss-reactive ketones (excluding diaryl/α,β-unsaturated/α-hetero) is 1. The van der Waals surface area contributed by atoms with E-state index in [4.69, 9.17) is 23.2 Å². The van der Waals surface area contributed by atoms with Crippen LogP contribution in [0, 0.1) is 29.5 Å². The molecule has 0 saturated heterocycles. The molecule has 2 atom stereocenters. The number of aliphatic hydroxyl groups excluding tert-OH is 1. The molecular formula is C25H23Cl2FO2. The van der Waals surface area contributed by atoms with Crippen LogP contribution >= 0.6 is 23.2 Å². The molecule has 0 radical (unpaired) electrons. The summed E-state index contributed by atoms with van der Waals surface area (Å²) in [6.07, 6.45) is 5.08. The molecule has 1 N–H and O–H groups in total. The van der Waals surface area contributed by atoms with E-state index in [0.717, 1.165) is 43.2 Å². The van der Waals surface area contributed by atoms with Crippen molar-refractivity contribution in [3.05, 3.63) is 63.1 Å². The normalized spacial score (nSPS) is 27.7. The Morgan fingerprint density at radius 1 is 1.00 bits per heavy atom. The summed E-state index contributed by atoms with van der Waals surface area (Å²) >= 11 is 12.1. The second-order valence-corrected chi connectivity index (χ2v) is 9.58. The van der Waals surface area contributed by atoms with Crippen molar-refractivity contribution in [2.45, 2.75) is 39.0 Å². The van der Waals surface area contributed by atoms with Gasteiger partial charge >= 0.3 is 0 Å². The van der Waals surface area contributed by atoms with Gasteiger partial charge in [0.1, 0.15) is 5.76 Å². The Hall–Kier alpha value is -1.84. The van der Waals surface area contributed by atoms with Gasteiger partial charge < -0.3 is 5.11 Å². The van der Waals surface area contributed by atoms with Crippen molar-refractivity contribution >= 4 is 34.6 Å². The zero-order valence-corrected chi connectivity index (χ0v) is 18.2. The molecule has 2 aromatic carbocycles. The quantitative estimate of drug-likeness (QED) is 0.505. The van der Waals surface area contributed by atoms with Crippen molar-refractivity contribution in [3.63, 3.8) is 0 Å². The van der Waals surface area contributed by atoms with Gasteiger partial charge in [0.15, 0.2) is 11.6 Å². The molecule has 0 aromatic heterocycles. The number of halogens is 3. The molecule has 6 rings (SSSR count). The van der Waals surface area contributed by atoms with Crippen molar-refractivity contribution in [1.82, 2.24) is 0 Å². The summed E-state index contributed by atoms with van der Waals surface area (Å²) < 4.78 is 14.3. The van der Waals surface area contributed by atoms with E-state index in [1.165, 1.54) is 6.07 Å². The molecule has 2 bridgehead atoms. The Balaban J connectivity index is 1.65. The minimum atomic E-state index is -0.654. The van der Waals surface area contributed by atoms with E-state index >= 15 is 0 Å². The molecule has 156 valence electrons. The molecule has 0 spiro atoms. The molecule has 30 heavy (non-hydrogen) atoms. The Morgan fingerprint density at radius 3 is 2.30 bits per heavy atom. The highest BCUT2D eigenvalue weighted by atomic mass is 35.5. The fraction of sp³-hybridized carbons (Fsp3) is 0.400. The topological polar surface area (TPSA) is 37.3 Å². The SMILES string of the molecule is CCc1ccc(-c2ccc(Cl)c(F)c2Cl)cc1C1=C(O)[C@H]2[C@H]3CC[C@H](CC3)[C@H]2C1=O. The third kappa shape index (κ3) is 2.85. The fourth-order valence-corrected chi connectivity index (χ4v) is 6.46. The van der Waals surface area contributed by atoms with Gasteiger partial charge in [0, 0.05) is 17.4 Å². The first-order valence-corrected chi connectivity index (χ1v) is 11.4. The molecule has 0 unspecified atom stereocenters. The van der Waals surface area contributed by atoms with Gasteiger partial charge in [-0.25, -0.2) is 4.39 Å². The van der Waals surface area contributed by atoms with Gasteiger partial charge in [0.25, 0.3) is 0 Å². The number of carbonyl (C=O) groups is 1. The molecule has 0 heterocycles. The highest BCUT2D eigenvalue weighted by molar-refractivity contribution is 6.36. The zero-order valence-electron chi connectivity index (χ0n) is 16.7. The first-order valence-electron chi connectivity index (χ1n) is 10.7. The zero-order chi connectivity index (χ0) is 21.2. The van der Waals surface area contributed by atoms with Gasteiger partial charge in [0.05, 0.1) is 15.6 Å². The molecule has 3 fully saturated rings. The molecule has 5 heteroatoms. The summed E-state index contributed by atoms with van der Waals surface area (Å²) in [6.45, 7) is 2.03. The Labute approximate surface area is 185 Å². The molecule has 3 saturated carbocycles. The van der Waals surface area contributed by atoms with Crippen LogP contribution in [0.5, 0.6) is 0 Å². The summed E-state index contributed by atoms with van der Waals surface area (Å²) in [6, 6.07) is 8.86. The van der Waals surface area contributed by atoms with E-state index in [1.807, 2.05) is 25.1 Å². The Morgan fingerprint density at radius 2 is 1.67 bits per heavy atom. The minimum Gasteiger partial charge on any atom is -0.511 e. The number of aryl methyl sites for hydroxylation is 1. The van der Waals surface area contributed by atoms with E-state index in [9.17, 15) is 14.3 Å². The molecule has 2 nitrogen and oxygen atoms in total. The van der Waals surface area contributed by atoms with E-state index in [2.05, 4.69) is 0 Å². The number of fused-ring (bicyclic) bond motifs is 2. The highest BCUT2D eigenvalue weighted by Crippen LogP contribution is 2.57. The van der Waals surface area contributed by atoms with E-state index < -0.39 is 5.82 Å². The van der Waals surface area contributed by atoms with Gasteiger partial charge in [-0.2, -0.15) is 0 Å². The number of hydrogen-bond donors (Lipinski definition) is 1. The third-order valence-corrected chi connectivity index (χ3v) is 8.11. The minimum absolute atomic E-state index is 0.0278. The number of hydrogen-bond acceptors (Lipinski definition) is 2. The number of rotatable bonds is 3. The lowest BCUT2D eigenvalue weighted by Crippen LogP contribution is -2.41. The smallest absolute Gasteiger partial charge is 0.170 e. The maximum atomic E-state index is 14.3. The predicted molar refractivity (Wildman–Crippen MR) is 118 cm³/mol. The van der Waals surface area contributed by atoms with Crippen LogP contribution in [0.15, 0.2) is 36.1 Å². The second kappa shape index (κ2) is 7.39. The largest absolute Gasteiger partial charge is 0.511 e. The van der Waals surface area contributed by atoms with Crippen molar-refractivity contribution in [1.29, 1.82) is 0 Å². The number of benzene rings is 2. The first-order chi connectivity index (χ1) is 14.4. The van der Waals surface area contributed by atoms with Crippen LogP contribution in [0.2, 0.25) is 10.0 Å². The summed E-state index contributed by atoms with van der Waals surface area (Å²) in [5, 5.41) is 11.1. The van der Waals surface area contributed by atoms with Gasteiger partial charge in [-0.1, -0.05) is 48.3 Å². The predicted octanol–water partition coefficient (Wildman–Crippen LogP) is 7.27. The standard InChI is InChI=1S/C25H23Cl2FO2/c1-2-12-3-8-15(16-9-10-18(26)23(28)22(16)27)11-17(12)21-24(29)19-13-4-5-14(7-6-13)20(19)25(21)30/h3,8-11,13-14,19-20,29H,2,4-7H2,1H3/t13-,14+,19-,20+/m0/s1. The number of ketones is 1. The Bertz CT molecular complexity index is 1080. The van der Waals surface area contributed by atoms with Crippen LogP contribution < -0.4 is 0 Å². The number of carbonyl (C=O) groups excluding carboxylic acids is 1. The van der Waals surface area contributed by atoms with Crippen LogP contribution in [0.1, 0.15) is 43.7 Å². The summed E-state index contributed by atoms with van der Waals surface area (Å²) in [5.41, 5.74) is 3.43. The average molecular weight is 445 g/mol. The lowest BCUT2D eigenvalue weighted by atomic mass is 9.59. The van der Waals surface area contributed by atoms with Crippen molar-refractivity contribution in [2.24, 2.45) is 23.7 Å². The molecule has 0 aliphatic heterocycles. The van der Waals surface area contributed by atoms with E-state index in [-0.39, 0.29) is 33.4 Å². The van der Waals surface area contributed by atoms with Crippen LogP contribution in [-0.2, 0) is 11.2 Å². The van der Waals surface area contributed by atoms with Crippen LogP contribution in [0.3, 0.4) is 0 Å². The summed E-state index contributed by atoms with van der Waals surface area (Å²) in [4.78, 5) is 13.5. The molecule has 0 amide bonds. The van der Waals surface area contributed by atoms with Crippen LogP contribution in [-0.4, -0.2) is 10.9 Å². The molecule has 2 aromatic rings. The molecular weight excluding hydrogens is 422 g/mol. The van der Waals surface area contributed by atoms with Crippen LogP contribution in [0.4, 0.5) is 4.39 Å². The molecule has 4 aliphatic carbocycles. The second-order valence-electron chi connectivity index (χ2n) is 8.80. The summed E-state index contributed by atoms with van der Waals surface area (Å²) in [7, 11) is 0. The fourth-order valence-electron chi connectivity index (χ4n) is 5.98. The van der Waals surface area contributed by atoms with E-state index in [1.54, 1.807) is 6.07 Å². The lowest BCUT2D eigenvalue weighted by Gasteiger charge is -2.44. The summed E-state index contributed by atoms with van der Waals surface area (Å²) in [5.74, 6) is 0.336. The van der Waals surface area contributed by atoms with Gasteiger partial charge in [0.2, 0.25) is 0 Å². The van der Waals surface area contributed by atoms with Gasteiger partial charge in [-0.05, 0) is 72.8 Å². The average Bonchev–Trinajstić information content (AvgIpc) is 3.05.